The zero-order valence-electron chi connectivity index (χ0n) is 10.2. The highest BCUT2D eigenvalue weighted by Crippen LogP contribution is 1.99. The van der Waals surface area contributed by atoms with Crippen molar-refractivity contribution in [1.29, 1.82) is 0 Å². The zero-order chi connectivity index (χ0) is 13.5. The third-order valence-electron chi connectivity index (χ3n) is 2.53. The molecule has 1 aromatic rings. The van der Waals surface area contributed by atoms with Crippen LogP contribution in [-0.4, -0.2) is 11.1 Å². The summed E-state index contributed by atoms with van der Waals surface area (Å²) in [4.78, 5) is 15.3. The van der Waals surface area contributed by atoms with E-state index in [-0.39, 0.29) is 5.57 Å². The van der Waals surface area contributed by atoms with E-state index in [2.05, 4.69) is 4.99 Å². The number of carbonyl (C=O) groups is 1. The molecular formula is C16H13NO2. The highest BCUT2D eigenvalue weighted by Gasteiger charge is 1.99. The Morgan fingerprint density at radius 2 is 1.79 bits per heavy atom. The molecule has 2 rings (SSSR count). The molecule has 19 heavy (non-hydrogen) atoms. The summed E-state index contributed by atoms with van der Waals surface area (Å²) in [6.45, 7) is 0. The average Bonchev–Trinajstić information content (AvgIpc) is 2.39. The van der Waals surface area contributed by atoms with Gasteiger partial charge in [0.25, 0.3) is 0 Å². The quantitative estimate of drug-likeness (QED) is 0.826. The molecule has 0 aromatic heterocycles. The summed E-state index contributed by atoms with van der Waals surface area (Å²) in [7, 11) is 0. The van der Waals surface area contributed by atoms with Gasteiger partial charge in [-0.25, -0.2) is 4.79 Å². The first-order valence-corrected chi connectivity index (χ1v) is 5.85. The topological polar surface area (TPSA) is 49.7 Å². The first-order valence-electron chi connectivity index (χ1n) is 5.85. The fourth-order valence-corrected chi connectivity index (χ4v) is 1.59. The maximum absolute atomic E-state index is 11.0. The summed E-state index contributed by atoms with van der Waals surface area (Å²) < 4.78 is 0. The number of carboxylic acids is 1. The minimum Gasteiger partial charge on any atom is -0.478 e. The van der Waals surface area contributed by atoms with Gasteiger partial charge in [0.1, 0.15) is 0 Å². The molecule has 1 N–H and O–H groups in total. The van der Waals surface area contributed by atoms with Gasteiger partial charge in [-0.2, -0.15) is 0 Å². The number of carboxylic acid groups (broad SMARTS) is 1. The largest absolute Gasteiger partial charge is 0.478 e. The summed E-state index contributed by atoms with van der Waals surface area (Å²) >= 11 is 0. The molecule has 0 saturated heterocycles. The Morgan fingerprint density at radius 1 is 1.00 bits per heavy atom. The van der Waals surface area contributed by atoms with Crippen molar-refractivity contribution < 1.29 is 9.90 Å². The number of aliphatic carboxylic acids is 1. The van der Waals surface area contributed by atoms with Crippen molar-refractivity contribution in [2.24, 2.45) is 4.99 Å². The van der Waals surface area contributed by atoms with Crippen molar-refractivity contribution in [2.45, 2.75) is 0 Å². The van der Waals surface area contributed by atoms with Crippen LogP contribution in [0.15, 0.2) is 77.5 Å². The molecule has 0 unspecified atom stereocenters. The summed E-state index contributed by atoms with van der Waals surface area (Å²) in [5.74, 6) is -0.955. The van der Waals surface area contributed by atoms with Crippen molar-refractivity contribution in [2.75, 3.05) is 0 Å². The van der Waals surface area contributed by atoms with E-state index < -0.39 is 5.97 Å². The minimum atomic E-state index is -0.955. The van der Waals surface area contributed by atoms with Gasteiger partial charge in [0.15, 0.2) is 0 Å². The predicted molar refractivity (Wildman–Crippen MR) is 74.8 cm³/mol. The SMILES string of the molecule is O=C(O)C1=CC=CC=c2ccccc2=NC=CC=C1. The lowest BCUT2D eigenvalue weighted by molar-refractivity contribution is -0.132. The van der Waals surface area contributed by atoms with E-state index in [1.165, 1.54) is 6.08 Å². The van der Waals surface area contributed by atoms with Gasteiger partial charge >= 0.3 is 5.97 Å². The second-order valence-corrected chi connectivity index (χ2v) is 3.87. The normalized spacial score (nSPS) is 14.2. The van der Waals surface area contributed by atoms with Crippen LogP contribution in [0, 0.1) is 0 Å². The molecule has 0 aliphatic carbocycles. The van der Waals surface area contributed by atoms with Crippen LogP contribution in [0.2, 0.25) is 0 Å². The Balaban J connectivity index is 2.53. The van der Waals surface area contributed by atoms with Gasteiger partial charge in [-0.05, 0) is 24.3 Å². The first kappa shape index (κ1) is 12.8. The zero-order valence-corrected chi connectivity index (χ0v) is 10.2. The van der Waals surface area contributed by atoms with E-state index in [0.717, 1.165) is 10.6 Å². The molecule has 0 amide bonds. The van der Waals surface area contributed by atoms with Gasteiger partial charge < -0.3 is 5.11 Å². The van der Waals surface area contributed by atoms with Gasteiger partial charge in [0, 0.05) is 11.4 Å². The van der Waals surface area contributed by atoms with Crippen LogP contribution in [0.3, 0.4) is 0 Å². The van der Waals surface area contributed by atoms with Crippen LogP contribution in [0.25, 0.3) is 6.08 Å². The molecule has 0 spiro atoms. The Hall–Kier alpha value is -2.68. The molecule has 1 aromatic carbocycles. The summed E-state index contributed by atoms with van der Waals surface area (Å²) in [5, 5.41) is 10.8. The standard InChI is InChI=1S/C16H13NO2/c18-16(19)14-9-2-1-7-13-8-3-4-11-15(13)17-12-6-5-10-14/h1-12H,(H,18,19). The number of para-hydroxylation sites is 1. The summed E-state index contributed by atoms with van der Waals surface area (Å²) in [5.41, 5.74) is 0.225. The second-order valence-electron chi connectivity index (χ2n) is 3.87. The van der Waals surface area contributed by atoms with Crippen molar-refractivity contribution in [3.05, 3.63) is 83.1 Å². The first-order chi connectivity index (χ1) is 9.27. The van der Waals surface area contributed by atoms with Crippen LogP contribution in [0.1, 0.15) is 0 Å². The summed E-state index contributed by atoms with van der Waals surface area (Å²) in [6.07, 6.45) is 13.5. The van der Waals surface area contributed by atoms with E-state index in [1.54, 1.807) is 36.6 Å². The Morgan fingerprint density at radius 3 is 2.63 bits per heavy atom. The van der Waals surface area contributed by atoms with Crippen LogP contribution >= 0.6 is 0 Å². The number of fused-ring (bicyclic) bond motifs is 1. The Labute approximate surface area is 110 Å². The molecule has 0 bridgehead atoms. The highest BCUT2D eigenvalue weighted by atomic mass is 16.4. The van der Waals surface area contributed by atoms with Crippen molar-refractivity contribution in [1.82, 2.24) is 0 Å². The molecule has 0 saturated carbocycles. The summed E-state index contributed by atoms with van der Waals surface area (Å²) in [6, 6.07) is 7.75. The van der Waals surface area contributed by atoms with E-state index in [0.29, 0.717) is 0 Å². The third kappa shape index (κ3) is 3.64. The molecule has 3 nitrogen and oxygen atoms in total. The monoisotopic (exact) mass is 251 g/mol. The Bertz CT molecular complexity index is 707. The lowest BCUT2D eigenvalue weighted by Gasteiger charge is -1.92. The van der Waals surface area contributed by atoms with Crippen molar-refractivity contribution in [3.63, 3.8) is 0 Å². The van der Waals surface area contributed by atoms with E-state index in [9.17, 15) is 4.79 Å². The van der Waals surface area contributed by atoms with E-state index >= 15 is 0 Å². The number of rotatable bonds is 1. The molecule has 1 heterocycles. The Kier molecular flexibility index (Phi) is 4.24. The average molecular weight is 251 g/mol. The number of allylic oxidation sites excluding steroid dienone is 5. The molecular weight excluding hydrogens is 238 g/mol. The smallest absolute Gasteiger partial charge is 0.335 e. The molecule has 1 aliphatic heterocycles. The predicted octanol–water partition coefficient (Wildman–Crippen LogP) is 1.74. The molecule has 0 fully saturated rings. The fraction of sp³-hybridized carbons (Fsp3) is 0. The second kappa shape index (κ2) is 6.31. The van der Waals surface area contributed by atoms with Crippen LogP contribution < -0.4 is 10.6 Å². The van der Waals surface area contributed by atoms with E-state index in [4.69, 9.17) is 5.11 Å². The fourth-order valence-electron chi connectivity index (χ4n) is 1.59. The lowest BCUT2D eigenvalue weighted by Crippen LogP contribution is -2.23. The molecule has 94 valence electrons. The van der Waals surface area contributed by atoms with E-state index in [1.807, 2.05) is 30.3 Å². The minimum absolute atomic E-state index is 0.225. The maximum Gasteiger partial charge on any atom is 0.335 e. The molecule has 0 atom stereocenters. The van der Waals surface area contributed by atoms with Crippen LogP contribution in [0.5, 0.6) is 0 Å². The number of benzene rings is 1. The number of hydrogen-bond donors (Lipinski definition) is 1. The highest BCUT2D eigenvalue weighted by molar-refractivity contribution is 5.90. The van der Waals surface area contributed by atoms with Gasteiger partial charge in [-0.15, -0.1) is 0 Å². The third-order valence-corrected chi connectivity index (χ3v) is 2.53. The van der Waals surface area contributed by atoms with Crippen molar-refractivity contribution >= 4 is 12.0 Å². The van der Waals surface area contributed by atoms with Crippen LogP contribution in [0.4, 0.5) is 0 Å². The van der Waals surface area contributed by atoms with Crippen LogP contribution in [-0.2, 0) is 4.79 Å². The molecule has 0 radical (unpaired) electrons. The molecule has 1 aliphatic rings. The number of hydrogen-bond acceptors (Lipinski definition) is 2. The van der Waals surface area contributed by atoms with Gasteiger partial charge in [-0.1, -0.05) is 42.5 Å². The van der Waals surface area contributed by atoms with Gasteiger partial charge in [0.2, 0.25) is 0 Å². The van der Waals surface area contributed by atoms with Gasteiger partial charge in [0.05, 0.1) is 10.9 Å². The number of nitrogens with zero attached hydrogens (tertiary/aromatic N) is 1. The van der Waals surface area contributed by atoms with Gasteiger partial charge in [-0.3, -0.25) is 4.99 Å². The maximum atomic E-state index is 11.0. The lowest BCUT2D eigenvalue weighted by atomic mass is 10.2. The van der Waals surface area contributed by atoms with Crippen molar-refractivity contribution in [3.8, 4) is 0 Å². The molecule has 3 heteroatoms.